The molecule has 0 aliphatic rings. The lowest BCUT2D eigenvalue weighted by molar-refractivity contribution is 0.0951. The van der Waals surface area contributed by atoms with Gasteiger partial charge in [-0.3, -0.25) is 9.78 Å². The maximum Gasteiger partial charge on any atom is 0.323 e. The van der Waals surface area contributed by atoms with Crippen LogP contribution in [-0.4, -0.2) is 16.9 Å². The molecule has 0 atom stereocenters. The van der Waals surface area contributed by atoms with Gasteiger partial charge in [0, 0.05) is 11.9 Å². The lowest BCUT2D eigenvalue weighted by Crippen LogP contribution is -2.26. The molecule has 0 aliphatic carbocycles. The molecule has 6 nitrogen and oxygen atoms in total. The molecule has 0 fully saturated rings. The van der Waals surface area contributed by atoms with E-state index in [0.717, 1.165) is 5.69 Å². The first-order valence-corrected chi connectivity index (χ1v) is 8.12. The minimum Gasteiger partial charge on any atom is -0.346 e. The molecular formula is C20H18N4O2. The molecule has 0 saturated heterocycles. The fourth-order valence-electron chi connectivity index (χ4n) is 2.37. The molecule has 0 spiro atoms. The highest BCUT2D eigenvalue weighted by molar-refractivity contribution is 6.06. The summed E-state index contributed by atoms with van der Waals surface area (Å²) in [6, 6.07) is 21.0. The minimum absolute atomic E-state index is 0.286. The summed E-state index contributed by atoms with van der Waals surface area (Å²) in [5.74, 6) is -0.286. The summed E-state index contributed by atoms with van der Waals surface area (Å²) in [6.45, 7) is 0.310. The average Bonchev–Trinajstić information content (AvgIpc) is 2.68. The molecule has 1 heterocycles. The summed E-state index contributed by atoms with van der Waals surface area (Å²) >= 11 is 0. The Morgan fingerprint density at radius 1 is 0.808 bits per heavy atom. The topological polar surface area (TPSA) is 83.1 Å². The number of hydrogen-bond acceptors (Lipinski definition) is 3. The number of benzene rings is 2. The molecule has 0 saturated carbocycles. The summed E-state index contributed by atoms with van der Waals surface area (Å²) in [4.78, 5) is 28.8. The minimum atomic E-state index is -0.416. The number of nitrogens with zero attached hydrogens (tertiary/aromatic N) is 1. The molecule has 6 heteroatoms. The Bertz CT molecular complexity index is 883. The number of carbonyl (C=O) groups is 2. The molecule has 0 radical (unpaired) electrons. The highest BCUT2D eigenvalue weighted by Gasteiger charge is 2.13. The van der Waals surface area contributed by atoms with Crippen molar-refractivity contribution in [3.63, 3.8) is 0 Å². The quantitative estimate of drug-likeness (QED) is 0.659. The van der Waals surface area contributed by atoms with Gasteiger partial charge >= 0.3 is 6.03 Å². The predicted octanol–water partition coefficient (Wildman–Crippen LogP) is 3.66. The van der Waals surface area contributed by atoms with Crippen molar-refractivity contribution in [1.29, 1.82) is 0 Å². The van der Waals surface area contributed by atoms with Crippen LogP contribution in [0.15, 0.2) is 79.0 Å². The van der Waals surface area contributed by atoms with Crippen molar-refractivity contribution < 1.29 is 9.59 Å². The van der Waals surface area contributed by atoms with Crippen LogP contribution in [-0.2, 0) is 6.54 Å². The van der Waals surface area contributed by atoms with Crippen molar-refractivity contribution >= 4 is 23.3 Å². The van der Waals surface area contributed by atoms with E-state index < -0.39 is 6.03 Å². The summed E-state index contributed by atoms with van der Waals surface area (Å²) in [7, 11) is 0. The third-order valence-corrected chi connectivity index (χ3v) is 3.61. The molecule has 3 aromatic rings. The molecule has 1 aromatic heterocycles. The van der Waals surface area contributed by atoms with E-state index in [1.54, 1.807) is 42.6 Å². The van der Waals surface area contributed by atoms with E-state index in [4.69, 9.17) is 0 Å². The van der Waals surface area contributed by atoms with Gasteiger partial charge in [0.1, 0.15) is 0 Å². The van der Waals surface area contributed by atoms with E-state index in [1.165, 1.54) is 0 Å². The Hall–Kier alpha value is -3.67. The fourth-order valence-corrected chi connectivity index (χ4v) is 2.37. The number of aromatic nitrogens is 1. The number of pyridine rings is 1. The van der Waals surface area contributed by atoms with E-state index in [9.17, 15) is 9.59 Å². The largest absolute Gasteiger partial charge is 0.346 e. The third kappa shape index (κ3) is 4.67. The molecular weight excluding hydrogens is 328 g/mol. The summed E-state index contributed by atoms with van der Waals surface area (Å²) in [5, 5.41) is 8.24. The van der Waals surface area contributed by atoms with Gasteiger partial charge in [0.2, 0.25) is 0 Å². The number of hydrogen-bond donors (Lipinski definition) is 3. The van der Waals surface area contributed by atoms with Gasteiger partial charge in [-0.05, 0) is 36.4 Å². The van der Waals surface area contributed by atoms with Gasteiger partial charge < -0.3 is 16.0 Å². The molecule has 26 heavy (non-hydrogen) atoms. The Morgan fingerprint density at radius 2 is 1.54 bits per heavy atom. The Labute approximate surface area is 151 Å². The molecule has 2 aromatic carbocycles. The standard InChI is InChI=1S/C20H18N4O2/c25-19(22-14-16-10-6-7-13-21-16)17-11-4-5-12-18(17)24-20(26)23-15-8-2-1-3-9-15/h1-13H,14H2,(H,22,25)(H2,23,24,26). The second-order valence-electron chi connectivity index (χ2n) is 5.49. The van der Waals surface area contributed by atoms with Crippen LogP contribution in [0.4, 0.5) is 16.2 Å². The molecule has 0 unspecified atom stereocenters. The molecule has 0 bridgehead atoms. The Kier molecular flexibility index (Phi) is 5.57. The maximum absolute atomic E-state index is 12.5. The van der Waals surface area contributed by atoms with E-state index in [1.807, 2.05) is 36.4 Å². The van der Waals surface area contributed by atoms with E-state index >= 15 is 0 Å². The fraction of sp³-hybridized carbons (Fsp3) is 0.0500. The number of carbonyl (C=O) groups excluding carboxylic acids is 2. The number of nitrogens with one attached hydrogen (secondary N) is 3. The number of urea groups is 1. The maximum atomic E-state index is 12.5. The Balaban J connectivity index is 1.65. The van der Waals surface area contributed by atoms with Crippen LogP contribution in [0.5, 0.6) is 0 Å². The first kappa shape index (κ1) is 17.2. The van der Waals surface area contributed by atoms with Crippen molar-refractivity contribution in [1.82, 2.24) is 10.3 Å². The van der Waals surface area contributed by atoms with Crippen LogP contribution < -0.4 is 16.0 Å². The molecule has 0 aliphatic heterocycles. The molecule has 3 rings (SSSR count). The zero-order chi connectivity index (χ0) is 18.2. The lowest BCUT2D eigenvalue weighted by atomic mass is 10.1. The van der Waals surface area contributed by atoms with Crippen LogP contribution >= 0.6 is 0 Å². The lowest BCUT2D eigenvalue weighted by Gasteiger charge is -2.12. The molecule has 130 valence electrons. The van der Waals surface area contributed by atoms with Gasteiger partial charge in [0.25, 0.3) is 5.91 Å². The zero-order valence-corrected chi connectivity index (χ0v) is 14.0. The van der Waals surface area contributed by atoms with E-state index in [0.29, 0.717) is 23.5 Å². The van der Waals surface area contributed by atoms with Gasteiger partial charge in [-0.25, -0.2) is 4.79 Å². The highest BCUT2D eigenvalue weighted by atomic mass is 16.2. The third-order valence-electron chi connectivity index (χ3n) is 3.61. The van der Waals surface area contributed by atoms with Crippen molar-refractivity contribution in [2.24, 2.45) is 0 Å². The van der Waals surface area contributed by atoms with Gasteiger partial charge in [0.15, 0.2) is 0 Å². The summed E-state index contributed by atoms with van der Waals surface area (Å²) in [5.41, 5.74) is 2.24. The van der Waals surface area contributed by atoms with Crippen LogP contribution in [0.1, 0.15) is 16.1 Å². The van der Waals surface area contributed by atoms with Gasteiger partial charge in [-0.1, -0.05) is 36.4 Å². The summed E-state index contributed by atoms with van der Waals surface area (Å²) in [6.07, 6.45) is 1.67. The van der Waals surface area contributed by atoms with Crippen molar-refractivity contribution in [2.45, 2.75) is 6.54 Å². The van der Waals surface area contributed by atoms with Crippen LogP contribution in [0.3, 0.4) is 0 Å². The first-order chi connectivity index (χ1) is 12.7. The van der Waals surface area contributed by atoms with E-state index in [2.05, 4.69) is 20.9 Å². The van der Waals surface area contributed by atoms with Gasteiger partial charge in [-0.2, -0.15) is 0 Å². The smallest absolute Gasteiger partial charge is 0.323 e. The molecule has 3 N–H and O–H groups in total. The van der Waals surface area contributed by atoms with Crippen molar-refractivity contribution in [3.8, 4) is 0 Å². The number of para-hydroxylation sites is 2. The number of rotatable bonds is 5. The van der Waals surface area contributed by atoms with Crippen molar-refractivity contribution in [3.05, 3.63) is 90.3 Å². The first-order valence-electron chi connectivity index (χ1n) is 8.12. The number of amides is 3. The van der Waals surface area contributed by atoms with Crippen LogP contribution in [0, 0.1) is 0 Å². The zero-order valence-electron chi connectivity index (χ0n) is 14.0. The summed E-state index contributed by atoms with van der Waals surface area (Å²) < 4.78 is 0. The second-order valence-corrected chi connectivity index (χ2v) is 5.49. The van der Waals surface area contributed by atoms with Gasteiger partial charge in [-0.15, -0.1) is 0 Å². The van der Waals surface area contributed by atoms with Gasteiger partial charge in [0.05, 0.1) is 23.5 Å². The van der Waals surface area contributed by atoms with Crippen LogP contribution in [0.2, 0.25) is 0 Å². The molecule has 3 amide bonds. The number of anilines is 2. The second kappa shape index (κ2) is 8.43. The highest BCUT2D eigenvalue weighted by Crippen LogP contribution is 2.16. The predicted molar refractivity (Wildman–Crippen MR) is 101 cm³/mol. The van der Waals surface area contributed by atoms with Crippen molar-refractivity contribution in [2.75, 3.05) is 10.6 Å². The average molecular weight is 346 g/mol. The normalized spacial score (nSPS) is 10.0. The van der Waals surface area contributed by atoms with E-state index in [-0.39, 0.29) is 5.91 Å². The monoisotopic (exact) mass is 346 g/mol. The SMILES string of the molecule is O=C(Nc1ccccc1)Nc1ccccc1C(=O)NCc1ccccn1. The van der Waals surface area contributed by atoms with Crippen LogP contribution in [0.25, 0.3) is 0 Å². The Morgan fingerprint density at radius 3 is 2.31 bits per heavy atom.